The first-order chi connectivity index (χ1) is 13.1. The van der Waals surface area contributed by atoms with E-state index in [1.54, 1.807) is 19.2 Å². The minimum Gasteiger partial charge on any atom is -0.496 e. The van der Waals surface area contributed by atoms with Gasteiger partial charge in [-0.3, -0.25) is 4.79 Å². The standard InChI is InChI=1S/C21H28N2O4S/c1-13(2)18-12-19(14(3)10-20(18)27-6)15(4)23-21(24)16-8-7-9-17(11-16)28(25,26)22-5/h7-13,15,22H,1-6H3,(H,23,24)/t15-/m0/s1. The minimum absolute atomic E-state index is 0.0537. The number of carbonyl (C=O) groups excluding carboxylic acids is 1. The van der Waals surface area contributed by atoms with E-state index in [1.807, 2.05) is 19.9 Å². The first-order valence-corrected chi connectivity index (χ1v) is 10.6. The average Bonchev–Trinajstić information content (AvgIpc) is 2.67. The molecule has 1 atom stereocenters. The Labute approximate surface area is 167 Å². The second kappa shape index (κ2) is 8.75. The lowest BCUT2D eigenvalue weighted by Crippen LogP contribution is -2.27. The van der Waals surface area contributed by atoms with Crippen molar-refractivity contribution >= 4 is 15.9 Å². The summed E-state index contributed by atoms with van der Waals surface area (Å²) in [7, 11) is -0.622. The van der Waals surface area contributed by atoms with Crippen molar-refractivity contribution in [3.63, 3.8) is 0 Å². The van der Waals surface area contributed by atoms with Gasteiger partial charge in [-0.05, 0) is 73.8 Å². The van der Waals surface area contributed by atoms with Gasteiger partial charge in [-0.25, -0.2) is 13.1 Å². The number of methoxy groups -OCH3 is 1. The largest absolute Gasteiger partial charge is 0.496 e. The fourth-order valence-corrected chi connectivity index (χ4v) is 3.87. The Kier molecular flexibility index (Phi) is 6.85. The van der Waals surface area contributed by atoms with E-state index in [1.165, 1.54) is 19.2 Å². The third kappa shape index (κ3) is 4.72. The van der Waals surface area contributed by atoms with E-state index in [0.717, 1.165) is 22.4 Å². The minimum atomic E-state index is -3.61. The molecule has 0 saturated heterocycles. The quantitative estimate of drug-likeness (QED) is 0.739. The van der Waals surface area contributed by atoms with Crippen molar-refractivity contribution in [1.82, 2.24) is 10.0 Å². The van der Waals surface area contributed by atoms with Gasteiger partial charge in [-0.1, -0.05) is 19.9 Å². The zero-order chi connectivity index (χ0) is 21.1. The number of carbonyl (C=O) groups is 1. The summed E-state index contributed by atoms with van der Waals surface area (Å²) in [6.07, 6.45) is 0. The van der Waals surface area contributed by atoms with Gasteiger partial charge < -0.3 is 10.1 Å². The zero-order valence-electron chi connectivity index (χ0n) is 17.2. The molecular weight excluding hydrogens is 376 g/mol. The highest BCUT2D eigenvalue weighted by Gasteiger charge is 2.19. The molecule has 2 aromatic rings. The molecule has 7 heteroatoms. The highest BCUT2D eigenvalue weighted by molar-refractivity contribution is 7.89. The monoisotopic (exact) mass is 404 g/mol. The molecule has 0 radical (unpaired) electrons. The Morgan fingerprint density at radius 1 is 1.07 bits per heavy atom. The van der Waals surface area contributed by atoms with Crippen LogP contribution in [0, 0.1) is 6.92 Å². The van der Waals surface area contributed by atoms with Crippen molar-refractivity contribution in [2.45, 2.75) is 44.6 Å². The van der Waals surface area contributed by atoms with E-state index in [-0.39, 0.29) is 22.8 Å². The molecule has 0 fully saturated rings. The summed E-state index contributed by atoms with van der Waals surface area (Å²) < 4.78 is 31.7. The van der Waals surface area contributed by atoms with Crippen molar-refractivity contribution in [3.05, 3.63) is 58.7 Å². The van der Waals surface area contributed by atoms with Crippen LogP contribution in [0.1, 0.15) is 59.8 Å². The van der Waals surface area contributed by atoms with Crippen LogP contribution in [0.4, 0.5) is 0 Å². The van der Waals surface area contributed by atoms with Crippen molar-refractivity contribution in [1.29, 1.82) is 0 Å². The molecule has 0 unspecified atom stereocenters. The molecule has 0 aromatic heterocycles. The maximum absolute atomic E-state index is 12.7. The molecule has 2 rings (SSSR count). The number of ether oxygens (including phenoxy) is 1. The number of sulfonamides is 1. The molecule has 2 N–H and O–H groups in total. The second-order valence-electron chi connectivity index (χ2n) is 7.04. The summed E-state index contributed by atoms with van der Waals surface area (Å²) in [6.45, 7) is 8.07. The maximum atomic E-state index is 12.7. The summed E-state index contributed by atoms with van der Waals surface area (Å²) in [6, 6.07) is 9.76. The second-order valence-corrected chi connectivity index (χ2v) is 8.92. The lowest BCUT2D eigenvalue weighted by Gasteiger charge is -2.21. The lowest BCUT2D eigenvalue weighted by molar-refractivity contribution is 0.0939. The predicted octanol–water partition coefficient (Wildman–Crippen LogP) is 3.53. The first-order valence-electron chi connectivity index (χ1n) is 9.13. The van der Waals surface area contributed by atoms with Gasteiger partial charge in [0.2, 0.25) is 10.0 Å². The van der Waals surface area contributed by atoms with E-state index in [2.05, 4.69) is 30.0 Å². The number of hydrogen-bond donors (Lipinski definition) is 2. The van der Waals surface area contributed by atoms with Gasteiger partial charge in [-0.15, -0.1) is 0 Å². The highest BCUT2D eigenvalue weighted by atomic mass is 32.2. The fourth-order valence-electron chi connectivity index (χ4n) is 3.09. The molecule has 0 bridgehead atoms. The number of benzene rings is 2. The third-order valence-electron chi connectivity index (χ3n) is 4.73. The van der Waals surface area contributed by atoms with Crippen molar-refractivity contribution in [2.24, 2.45) is 0 Å². The van der Waals surface area contributed by atoms with E-state index in [9.17, 15) is 13.2 Å². The summed E-state index contributed by atoms with van der Waals surface area (Å²) in [5.41, 5.74) is 3.38. The van der Waals surface area contributed by atoms with Crippen LogP contribution < -0.4 is 14.8 Å². The molecule has 28 heavy (non-hydrogen) atoms. The molecule has 1 amide bonds. The summed E-state index contributed by atoms with van der Waals surface area (Å²) >= 11 is 0. The van der Waals surface area contributed by atoms with Crippen molar-refractivity contribution < 1.29 is 17.9 Å². The normalized spacial score (nSPS) is 12.7. The maximum Gasteiger partial charge on any atom is 0.251 e. The Balaban J connectivity index is 2.31. The molecule has 0 aliphatic heterocycles. The van der Waals surface area contributed by atoms with Crippen LogP contribution in [-0.2, 0) is 10.0 Å². The van der Waals surface area contributed by atoms with Crippen LogP contribution >= 0.6 is 0 Å². The molecule has 6 nitrogen and oxygen atoms in total. The van der Waals surface area contributed by atoms with E-state index in [0.29, 0.717) is 5.56 Å². The van der Waals surface area contributed by atoms with Crippen LogP contribution in [0.15, 0.2) is 41.3 Å². The SMILES string of the molecule is CNS(=O)(=O)c1cccc(C(=O)N[C@@H](C)c2cc(C(C)C)c(OC)cc2C)c1. The molecule has 2 aromatic carbocycles. The third-order valence-corrected chi connectivity index (χ3v) is 6.14. The van der Waals surface area contributed by atoms with Gasteiger partial charge in [-0.2, -0.15) is 0 Å². The van der Waals surface area contributed by atoms with Crippen molar-refractivity contribution in [3.8, 4) is 5.75 Å². The summed E-state index contributed by atoms with van der Waals surface area (Å²) in [5, 5.41) is 2.96. The van der Waals surface area contributed by atoms with Crippen LogP contribution in [0.3, 0.4) is 0 Å². The molecule has 0 heterocycles. The molecule has 152 valence electrons. The Morgan fingerprint density at radius 3 is 2.32 bits per heavy atom. The molecule has 0 saturated carbocycles. The van der Waals surface area contributed by atoms with E-state index >= 15 is 0 Å². The van der Waals surface area contributed by atoms with Gasteiger partial charge in [0.15, 0.2) is 0 Å². The van der Waals surface area contributed by atoms with Gasteiger partial charge in [0, 0.05) is 5.56 Å². The van der Waals surface area contributed by atoms with E-state index in [4.69, 9.17) is 4.74 Å². The van der Waals surface area contributed by atoms with Gasteiger partial charge >= 0.3 is 0 Å². The van der Waals surface area contributed by atoms with Gasteiger partial charge in [0.05, 0.1) is 18.0 Å². The Bertz CT molecular complexity index is 968. The van der Waals surface area contributed by atoms with E-state index < -0.39 is 10.0 Å². The summed E-state index contributed by atoms with van der Waals surface area (Å²) in [4.78, 5) is 12.8. The number of aryl methyl sites for hydroxylation is 1. The highest BCUT2D eigenvalue weighted by Crippen LogP contribution is 2.32. The number of nitrogens with one attached hydrogen (secondary N) is 2. The fraction of sp³-hybridized carbons (Fsp3) is 0.381. The van der Waals surface area contributed by atoms with Crippen molar-refractivity contribution in [2.75, 3.05) is 14.2 Å². The van der Waals surface area contributed by atoms with Gasteiger partial charge in [0.1, 0.15) is 5.75 Å². The molecular formula is C21H28N2O4S. The zero-order valence-corrected chi connectivity index (χ0v) is 18.0. The molecule has 0 aliphatic rings. The first kappa shape index (κ1) is 21.9. The molecule has 0 spiro atoms. The average molecular weight is 405 g/mol. The molecule has 0 aliphatic carbocycles. The van der Waals surface area contributed by atoms with Crippen LogP contribution in [0.25, 0.3) is 0 Å². The van der Waals surface area contributed by atoms with Crippen LogP contribution in [-0.4, -0.2) is 28.5 Å². The summed E-state index contributed by atoms with van der Waals surface area (Å²) in [5.74, 6) is 0.780. The number of hydrogen-bond acceptors (Lipinski definition) is 4. The van der Waals surface area contributed by atoms with Crippen LogP contribution in [0.5, 0.6) is 5.75 Å². The predicted molar refractivity (Wildman–Crippen MR) is 110 cm³/mol. The number of amides is 1. The van der Waals surface area contributed by atoms with Crippen LogP contribution in [0.2, 0.25) is 0 Å². The van der Waals surface area contributed by atoms with Gasteiger partial charge in [0.25, 0.3) is 5.91 Å². The smallest absolute Gasteiger partial charge is 0.251 e. The lowest BCUT2D eigenvalue weighted by atomic mass is 9.93. The Hall–Kier alpha value is -2.38. The Morgan fingerprint density at radius 2 is 1.75 bits per heavy atom. The topological polar surface area (TPSA) is 84.5 Å². The number of rotatable bonds is 7.